The Kier molecular flexibility index (Phi) is 3.81. The molecule has 0 bridgehead atoms. The van der Waals surface area contributed by atoms with E-state index in [4.69, 9.17) is 0 Å². The molecule has 1 saturated carbocycles. The second-order valence-corrected chi connectivity index (χ2v) is 6.06. The molecule has 1 aliphatic rings. The smallest absolute Gasteiger partial charge is 0.00578 e. The van der Waals surface area contributed by atoms with Gasteiger partial charge in [-0.2, -0.15) is 0 Å². The van der Waals surface area contributed by atoms with Crippen LogP contribution in [0.15, 0.2) is 17.5 Å². The highest BCUT2D eigenvalue weighted by Gasteiger charge is 2.27. The van der Waals surface area contributed by atoms with Crippen LogP contribution in [-0.2, 0) is 6.42 Å². The zero-order chi connectivity index (χ0) is 10.6. The molecule has 1 fully saturated rings. The fourth-order valence-corrected chi connectivity index (χ4v) is 3.17. The molecule has 0 amide bonds. The largest absolute Gasteiger partial charge is 0.316 e. The van der Waals surface area contributed by atoms with Gasteiger partial charge in [-0.05, 0) is 42.7 Å². The van der Waals surface area contributed by atoms with E-state index in [1.165, 1.54) is 43.5 Å². The Bertz CT molecular complexity index is 273. The highest BCUT2D eigenvalue weighted by atomic mass is 32.1. The molecule has 1 nitrogen and oxygen atoms in total. The molecule has 0 saturated heterocycles. The molecule has 1 N–H and O–H groups in total. The molecule has 1 heterocycles. The van der Waals surface area contributed by atoms with Gasteiger partial charge in [0.15, 0.2) is 0 Å². The maximum absolute atomic E-state index is 3.61. The highest BCUT2D eigenvalue weighted by Crippen LogP contribution is 2.36. The Balaban J connectivity index is 1.62. The molecule has 1 aliphatic carbocycles. The van der Waals surface area contributed by atoms with Crippen LogP contribution in [0, 0.1) is 5.41 Å². The summed E-state index contributed by atoms with van der Waals surface area (Å²) in [7, 11) is 0. The minimum Gasteiger partial charge on any atom is -0.316 e. The predicted molar refractivity (Wildman–Crippen MR) is 67.5 cm³/mol. The van der Waals surface area contributed by atoms with E-state index in [0.29, 0.717) is 5.41 Å². The summed E-state index contributed by atoms with van der Waals surface area (Å²) in [5.74, 6) is 0. The van der Waals surface area contributed by atoms with Gasteiger partial charge in [0, 0.05) is 11.4 Å². The van der Waals surface area contributed by atoms with Gasteiger partial charge in [0.05, 0.1) is 0 Å². The topological polar surface area (TPSA) is 12.0 Å². The quantitative estimate of drug-likeness (QED) is 0.754. The molecule has 0 radical (unpaired) electrons. The van der Waals surface area contributed by atoms with Crippen molar-refractivity contribution >= 4 is 11.3 Å². The Hall–Kier alpha value is -0.340. The van der Waals surface area contributed by atoms with Gasteiger partial charge in [0.25, 0.3) is 0 Å². The van der Waals surface area contributed by atoms with Crippen molar-refractivity contribution in [3.8, 4) is 0 Å². The van der Waals surface area contributed by atoms with Crippen LogP contribution >= 0.6 is 11.3 Å². The van der Waals surface area contributed by atoms with Gasteiger partial charge in [-0.15, -0.1) is 11.3 Å². The molecule has 0 spiro atoms. The van der Waals surface area contributed by atoms with E-state index >= 15 is 0 Å². The van der Waals surface area contributed by atoms with Gasteiger partial charge in [-0.1, -0.05) is 25.8 Å². The fraction of sp³-hybridized carbons (Fsp3) is 0.692. The van der Waals surface area contributed by atoms with E-state index in [2.05, 4.69) is 29.8 Å². The van der Waals surface area contributed by atoms with Crippen molar-refractivity contribution in [3.63, 3.8) is 0 Å². The summed E-state index contributed by atoms with van der Waals surface area (Å²) in [4.78, 5) is 1.50. The lowest BCUT2D eigenvalue weighted by Crippen LogP contribution is -2.30. The zero-order valence-electron chi connectivity index (χ0n) is 9.59. The Morgan fingerprint density at radius 2 is 2.20 bits per heavy atom. The van der Waals surface area contributed by atoms with Crippen LogP contribution in [0.3, 0.4) is 0 Å². The van der Waals surface area contributed by atoms with Crippen molar-refractivity contribution in [2.45, 2.75) is 39.0 Å². The van der Waals surface area contributed by atoms with Crippen molar-refractivity contribution in [3.05, 3.63) is 22.4 Å². The van der Waals surface area contributed by atoms with E-state index in [-0.39, 0.29) is 0 Å². The van der Waals surface area contributed by atoms with Crippen LogP contribution in [0.4, 0.5) is 0 Å². The maximum Gasteiger partial charge on any atom is 0.00578 e. The lowest BCUT2D eigenvalue weighted by atomic mass is 9.89. The summed E-state index contributed by atoms with van der Waals surface area (Å²) < 4.78 is 0. The molecule has 0 unspecified atom stereocenters. The number of rotatable bonds is 5. The number of thiophene rings is 1. The third-order valence-electron chi connectivity index (χ3n) is 3.49. The molecule has 84 valence electrons. The molecule has 2 heteroatoms. The minimum atomic E-state index is 0.593. The predicted octanol–water partition coefficient (Wildman–Crippen LogP) is 3.46. The molecule has 2 rings (SSSR count). The molecular formula is C13H21NS. The summed E-state index contributed by atoms with van der Waals surface area (Å²) >= 11 is 1.86. The monoisotopic (exact) mass is 223 g/mol. The zero-order valence-corrected chi connectivity index (χ0v) is 10.4. The van der Waals surface area contributed by atoms with E-state index < -0.39 is 0 Å². The van der Waals surface area contributed by atoms with Crippen LogP contribution in [0.5, 0.6) is 0 Å². The molecular weight excluding hydrogens is 202 g/mol. The molecule has 0 aromatic carbocycles. The average molecular weight is 223 g/mol. The van der Waals surface area contributed by atoms with Gasteiger partial charge >= 0.3 is 0 Å². The molecule has 1 aromatic heterocycles. The molecule has 1 aromatic rings. The van der Waals surface area contributed by atoms with Gasteiger partial charge in [-0.25, -0.2) is 0 Å². The number of hydrogen-bond donors (Lipinski definition) is 1. The van der Waals surface area contributed by atoms with Crippen molar-refractivity contribution in [1.29, 1.82) is 0 Å². The van der Waals surface area contributed by atoms with E-state index in [1.54, 1.807) is 0 Å². The minimum absolute atomic E-state index is 0.593. The van der Waals surface area contributed by atoms with E-state index in [1.807, 2.05) is 11.3 Å². The highest BCUT2D eigenvalue weighted by molar-refractivity contribution is 7.09. The lowest BCUT2D eigenvalue weighted by Gasteiger charge is -2.23. The molecule has 15 heavy (non-hydrogen) atoms. The summed E-state index contributed by atoms with van der Waals surface area (Å²) in [6.07, 6.45) is 6.89. The number of hydrogen-bond acceptors (Lipinski definition) is 2. The van der Waals surface area contributed by atoms with Crippen LogP contribution < -0.4 is 5.32 Å². The third-order valence-corrected chi connectivity index (χ3v) is 4.43. The first-order valence-corrected chi connectivity index (χ1v) is 6.90. The van der Waals surface area contributed by atoms with Gasteiger partial charge in [0.1, 0.15) is 0 Å². The first kappa shape index (κ1) is 11.2. The first-order valence-electron chi connectivity index (χ1n) is 6.02. The lowest BCUT2D eigenvalue weighted by molar-refractivity contribution is 0.316. The second-order valence-electron chi connectivity index (χ2n) is 5.02. The standard InChI is InChI=1S/C13H21NS/c1-13(7-2-3-8-13)11-14-9-6-12-5-4-10-15-12/h4-5,10,14H,2-3,6-9,11H2,1H3. The van der Waals surface area contributed by atoms with Gasteiger partial charge in [0.2, 0.25) is 0 Å². The van der Waals surface area contributed by atoms with Gasteiger partial charge in [-0.3, -0.25) is 0 Å². The molecule has 0 aliphatic heterocycles. The van der Waals surface area contributed by atoms with Crippen LogP contribution in [0.2, 0.25) is 0 Å². The van der Waals surface area contributed by atoms with Crippen molar-refractivity contribution in [2.24, 2.45) is 5.41 Å². The summed E-state index contributed by atoms with van der Waals surface area (Å²) in [5.41, 5.74) is 0.593. The van der Waals surface area contributed by atoms with Gasteiger partial charge < -0.3 is 5.32 Å². The molecule has 0 atom stereocenters. The summed E-state index contributed by atoms with van der Waals surface area (Å²) in [6, 6.07) is 4.36. The Morgan fingerprint density at radius 3 is 2.87 bits per heavy atom. The number of nitrogens with one attached hydrogen (secondary N) is 1. The van der Waals surface area contributed by atoms with Crippen LogP contribution in [0.1, 0.15) is 37.5 Å². The van der Waals surface area contributed by atoms with Crippen molar-refractivity contribution in [2.75, 3.05) is 13.1 Å². The van der Waals surface area contributed by atoms with E-state index in [9.17, 15) is 0 Å². The SMILES string of the molecule is CC1(CNCCc2cccs2)CCCC1. The normalized spacial score (nSPS) is 19.5. The van der Waals surface area contributed by atoms with Crippen molar-refractivity contribution in [1.82, 2.24) is 5.32 Å². The Morgan fingerprint density at radius 1 is 1.40 bits per heavy atom. The fourth-order valence-electron chi connectivity index (χ4n) is 2.46. The summed E-state index contributed by atoms with van der Waals surface area (Å²) in [6.45, 7) is 4.77. The second kappa shape index (κ2) is 5.13. The van der Waals surface area contributed by atoms with E-state index in [0.717, 1.165) is 6.54 Å². The first-order chi connectivity index (χ1) is 7.29. The van der Waals surface area contributed by atoms with Crippen molar-refractivity contribution < 1.29 is 0 Å². The third kappa shape index (κ3) is 3.32. The van der Waals surface area contributed by atoms with Crippen LogP contribution in [0.25, 0.3) is 0 Å². The Labute approximate surface area is 96.9 Å². The summed E-state index contributed by atoms with van der Waals surface area (Å²) in [5, 5.41) is 5.77. The van der Waals surface area contributed by atoms with Crippen LogP contribution in [-0.4, -0.2) is 13.1 Å². The average Bonchev–Trinajstić information content (AvgIpc) is 2.84. The maximum atomic E-state index is 3.61.